The molecule has 2 atom stereocenters. The Morgan fingerprint density at radius 1 is 1.35 bits per heavy atom. The number of morpholine rings is 1. The minimum atomic E-state index is -0.140. The van der Waals surface area contributed by atoms with Crippen molar-refractivity contribution in [2.45, 2.75) is 64.3 Å². The fourth-order valence-corrected chi connectivity index (χ4v) is 3.48. The lowest BCUT2D eigenvalue weighted by Gasteiger charge is -2.42. The van der Waals surface area contributed by atoms with E-state index in [1.165, 1.54) is 25.7 Å². The summed E-state index contributed by atoms with van der Waals surface area (Å²) in [5.41, 5.74) is -0.0763. The van der Waals surface area contributed by atoms with Crippen LogP contribution in [0.5, 0.6) is 0 Å². The molecule has 17 heavy (non-hydrogen) atoms. The maximum Gasteiger partial charge on any atom is 0.0757 e. The van der Waals surface area contributed by atoms with Gasteiger partial charge in [0, 0.05) is 19.6 Å². The minimum absolute atomic E-state index is 0.0763. The van der Waals surface area contributed by atoms with Crippen LogP contribution < -0.4 is 0 Å². The second-order valence-electron chi connectivity index (χ2n) is 6.49. The maximum atomic E-state index is 10.3. The summed E-state index contributed by atoms with van der Waals surface area (Å²) >= 11 is 0. The van der Waals surface area contributed by atoms with Crippen molar-refractivity contribution in [1.82, 2.24) is 4.90 Å². The van der Waals surface area contributed by atoms with E-state index >= 15 is 0 Å². The summed E-state index contributed by atoms with van der Waals surface area (Å²) in [6, 6.07) is 0. The van der Waals surface area contributed by atoms with E-state index in [0.29, 0.717) is 5.92 Å². The van der Waals surface area contributed by atoms with Crippen molar-refractivity contribution in [3.05, 3.63) is 0 Å². The molecule has 1 saturated heterocycles. The van der Waals surface area contributed by atoms with Crippen molar-refractivity contribution in [1.29, 1.82) is 0 Å². The standard InChI is InChI=1S/C14H27NO2/c1-11-8-15(10-14(2,3)17-11)9-13(16)12-6-4-5-7-12/h11-13,16H,4-10H2,1-3H3. The molecule has 0 radical (unpaired) electrons. The first-order valence-electron chi connectivity index (χ1n) is 7.04. The predicted molar refractivity (Wildman–Crippen MR) is 69.0 cm³/mol. The van der Waals surface area contributed by atoms with Gasteiger partial charge in [-0.15, -0.1) is 0 Å². The summed E-state index contributed by atoms with van der Waals surface area (Å²) in [7, 11) is 0. The molecular weight excluding hydrogens is 214 g/mol. The Morgan fingerprint density at radius 2 is 2.00 bits per heavy atom. The lowest BCUT2D eigenvalue weighted by atomic mass is 9.98. The normalized spacial score (nSPS) is 32.8. The Kier molecular flexibility index (Phi) is 4.11. The number of rotatable bonds is 3. The quantitative estimate of drug-likeness (QED) is 0.820. The van der Waals surface area contributed by atoms with Crippen LogP contribution in [0.1, 0.15) is 46.5 Å². The van der Waals surface area contributed by atoms with Crippen LogP contribution in [0.2, 0.25) is 0 Å². The van der Waals surface area contributed by atoms with Crippen LogP contribution in [0.4, 0.5) is 0 Å². The molecule has 0 amide bonds. The molecule has 2 aliphatic rings. The second kappa shape index (κ2) is 5.25. The maximum absolute atomic E-state index is 10.3. The summed E-state index contributed by atoms with van der Waals surface area (Å²) in [6.45, 7) is 9.10. The molecule has 1 N–H and O–H groups in total. The van der Waals surface area contributed by atoms with E-state index in [0.717, 1.165) is 19.6 Å². The third-order valence-corrected chi connectivity index (χ3v) is 4.03. The van der Waals surface area contributed by atoms with Gasteiger partial charge in [0.15, 0.2) is 0 Å². The zero-order valence-corrected chi connectivity index (χ0v) is 11.5. The highest BCUT2D eigenvalue weighted by Crippen LogP contribution is 2.29. The summed E-state index contributed by atoms with van der Waals surface area (Å²) in [6.07, 6.45) is 5.15. The number of nitrogens with zero attached hydrogens (tertiary/aromatic N) is 1. The monoisotopic (exact) mass is 241 g/mol. The number of aliphatic hydroxyl groups excluding tert-OH is 1. The molecule has 3 nitrogen and oxygen atoms in total. The smallest absolute Gasteiger partial charge is 0.0757 e. The molecule has 0 aromatic heterocycles. The van der Waals surface area contributed by atoms with Crippen LogP contribution in [0.3, 0.4) is 0 Å². The molecule has 100 valence electrons. The summed E-state index contributed by atoms with van der Waals surface area (Å²) in [5.74, 6) is 0.538. The van der Waals surface area contributed by atoms with Gasteiger partial charge in [0.1, 0.15) is 0 Å². The van der Waals surface area contributed by atoms with Crippen molar-refractivity contribution in [3.63, 3.8) is 0 Å². The first kappa shape index (κ1) is 13.3. The second-order valence-corrected chi connectivity index (χ2v) is 6.49. The molecule has 0 aromatic carbocycles. The van der Waals surface area contributed by atoms with Crippen molar-refractivity contribution in [2.75, 3.05) is 19.6 Å². The molecule has 0 bridgehead atoms. The van der Waals surface area contributed by atoms with Gasteiger partial charge in [-0.25, -0.2) is 0 Å². The van der Waals surface area contributed by atoms with Crippen molar-refractivity contribution in [3.8, 4) is 0 Å². The lowest BCUT2D eigenvalue weighted by Crippen LogP contribution is -2.54. The topological polar surface area (TPSA) is 32.7 Å². The van der Waals surface area contributed by atoms with Crippen molar-refractivity contribution >= 4 is 0 Å². The van der Waals surface area contributed by atoms with E-state index in [4.69, 9.17) is 4.74 Å². The van der Waals surface area contributed by atoms with E-state index in [1.54, 1.807) is 0 Å². The first-order chi connectivity index (χ1) is 7.96. The summed E-state index contributed by atoms with van der Waals surface area (Å²) in [5, 5.41) is 10.3. The highest BCUT2D eigenvalue weighted by Gasteiger charge is 2.33. The number of hydrogen-bond donors (Lipinski definition) is 1. The van der Waals surface area contributed by atoms with Crippen molar-refractivity contribution in [2.24, 2.45) is 5.92 Å². The molecule has 1 saturated carbocycles. The highest BCUT2D eigenvalue weighted by molar-refractivity contribution is 4.85. The summed E-state index contributed by atoms with van der Waals surface area (Å²) in [4.78, 5) is 2.37. The lowest BCUT2D eigenvalue weighted by molar-refractivity contribution is -0.135. The highest BCUT2D eigenvalue weighted by atomic mass is 16.5. The van der Waals surface area contributed by atoms with Gasteiger partial charge in [-0.3, -0.25) is 4.90 Å². The van der Waals surface area contributed by atoms with Gasteiger partial charge < -0.3 is 9.84 Å². The molecule has 0 aromatic rings. The van der Waals surface area contributed by atoms with Crippen LogP contribution in [0, 0.1) is 5.92 Å². The average molecular weight is 241 g/mol. The fourth-order valence-electron chi connectivity index (χ4n) is 3.48. The molecule has 3 heteroatoms. The molecular formula is C14H27NO2. The Hall–Kier alpha value is -0.120. The Morgan fingerprint density at radius 3 is 2.59 bits per heavy atom. The average Bonchev–Trinajstić information content (AvgIpc) is 2.65. The van der Waals surface area contributed by atoms with Gasteiger partial charge in [0.05, 0.1) is 17.8 Å². The molecule has 1 heterocycles. The van der Waals surface area contributed by atoms with Crippen molar-refractivity contribution < 1.29 is 9.84 Å². The van der Waals surface area contributed by atoms with Crippen LogP contribution in [0.15, 0.2) is 0 Å². The summed E-state index contributed by atoms with van der Waals surface area (Å²) < 4.78 is 5.89. The zero-order valence-electron chi connectivity index (χ0n) is 11.5. The van der Waals surface area contributed by atoms with E-state index in [9.17, 15) is 5.11 Å². The Bertz CT molecular complexity index is 249. The van der Waals surface area contributed by atoms with Gasteiger partial charge in [-0.2, -0.15) is 0 Å². The van der Waals surface area contributed by atoms with E-state index < -0.39 is 0 Å². The van der Waals surface area contributed by atoms with Gasteiger partial charge in [-0.05, 0) is 39.5 Å². The molecule has 0 spiro atoms. The first-order valence-corrected chi connectivity index (χ1v) is 7.04. The zero-order chi connectivity index (χ0) is 12.5. The molecule has 2 rings (SSSR count). The molecule has 2 unspecified atom stereocenters. The van der Waals surface area contributed by atoms with Gasteiger partial charge >= 0.3 is 0 Å². The number of aliphatic hydroxyl groups is 1. The van der Waals surface area contributed by atoms with E-state index in [2.05, 4.69) is 25.7 Å². The minimum Gasteiger partial charge on any atom is -0.392 e. The Labute approximate surface area is 105 Å². The molecule has 1 aliphatic carbocycles. The van der Waals surface area contributed by atoms with E-state index in [-0.39, 0.29) is 17.8 Å². The fraction of sp³-hybridized carbons (Fsp3) is 1.00. The predicted octanol–water partition coefficient (Wildman–Crippen LogP) is 2.04. The third-order valence-electron chi connectivity index (χ3n) is 4.03. The van der Waals surface area contributed by atoms with Gasteiger partial charge in [0.25, 0.3) is 0 Å². The van der Waals surface area contributed by atoms with Gasteiger partial charge in [0.2, 0.25) is 0 Å². The van der Waals surface area contributed by atoms with Crippen LogP contribution in [-0.2, 0) is 4.74 Å². The SMILES string of the molecule is CC1CN(CC(O)C2CCCC2)CC(C)(C)O1. The largest absolute Gasteiger partial charge is 0.392 e. The number of hydrogen-bond acceptors (Lipinski definition) is 3. The van der Waals surface area contributed by atoms with Crippen LogP contribution in [0.25, 0.3) is 0 Å². The van der Waals surface area contributed by atoms with E-state index in [1.807, 2.05) is 0 Å². The number of ether oxygens (including phenoxy) is 1. The Balaban J connectivity index is 1.85. The third kappa shape index (κ3) is 3.67. The molecule has 2 fully saturated rings. The molecule has 1 aliphatic heterocycles. The van der Waals surface area contributed by atoms with Crippen LogP contribution >= 0.6 is 0 Å². The van der Waals surface area contributed by atoms with Gasteiger partial charge in [-0.1, -0.05) is 12.8 Å². The number of β-amino-alcohol motifs (C(OH)–C–C–N with tert-alkyl or cyclic N) is 1. The van der Waals surface area contributed by atoms with Crippen LogP contribution in [-0.4, -0.2) is 47.4 Å².